The SMILES string of the molecule is Nc1cc(Br)ccc1SCc1nc(-c2ccccn2)no1. The number of nitrogen functional groups attached to an aromatic ring is 1. The maximum Gasteiger partial charge on any atom is 0.237 e. The highest BCUT2D eigenvalue weighted by molar-refractivity contribution is 9.10. The minimum absolute atomic E-state index is 0.495. The number of hydrogen-bond acceptors (Lipinski definition) is 6. The van der Waals surface area contributed by atoms with Crippen LogP contribution in [0.25, 0.3) is 11.5 Å². The third kappa shape index (κ3) is 3.43. The van der Waals surface area contributed by atoms with Crippen molar-refractivity contribution in [2.75, 3.05) is 5.73 Å². The lowest BCUT2D eigenvalue weighted by molar-refractivity contribution is 0.391. The van der Waals surface area contributed by atoms with Crippen molar-refractivity contribution in [2.24, 2.45) is 0 Å². The summed E-state index contributed by atoms with van der Waals surface area (Å²) in [5, 5.41) is 3.93. The molecule has 21 heavy (non-hydrogen) atoms. The molecule has 7 heteroatoms. The van der Waals surface area contributed by atoms with E-state index in [1.807, 2.05) is 36.4 Å². The minimum atomic E-state index is 0.495. The predicted octanol–water partition coefficient (Wildman–Crippen LogP) is 3.77. The smallest absolute Gasteiger partial charge is 0.237 e. The number of anilines is 1. The molecule has 0 radical (unpaired) electrons. The van der Waals surface area contributed by atoms with Gasteiger partial charge in [0.2, 0.25) is 11.7 Å². The van der Waals surface area contributed by atoms with E-state index in [0.29, 0.717) is 23.2 Å². The molecule has 0 saturated heterocycles. The molecule has 5 nitrogen and oxygen atoms in total. The predicted molar refractivity (Wildman–Crippen MR) is 85.6 cm³/mol. The Morgan fingerprint density at radius 2 is 2.14 bits per heavy atom. The standard InChI is InChI=1S/C14H11BrN4OS/c15-9-4-5-12(10(16)7-9)21-8-13-18-14(19-20-13)11-3-1-2-6-17-11/h1-7H,8,16H2. The summed E-state index contributed by atoms with van der Waals surface area (Å²) in [5.41, 5.74) is 7.37. The first kappa shape index (κ1) is 14.1. The third-order valence-corrected chi connectivity index (χ3v) is 4.25. The summed E-state index contributed by atoms with van der Waals surface area (Å²) < 4.78 is 6.19. The second-order valence-electron chi connectivity index (χ2n) is 4.20. The van der Waals surface area contributed by atoms with Gasteiger partial charge in [-0.1, -0.05) is 27.2 Å². The summed E-state index contributed by atoms with van der Waals surface area (Å²) >= 11 is 4.94. The van der Waals surface area contributed by atoms with Crippen LogP contribution in [0.5, 0.6) is 0 Å². The third-order valence-electron chi connectivity index (χ3n) is 2.69. The summed E-state index contributed by atoms with van der Waals surface area (Å²) in [6, 6.07) is 11.3. The first-order chi connectivity index (χ1) is 10.2. The number of halogens is 1. The monoisotopic (exact) mass is 362 g/mol. The van der Waals surface area contributed by atoms with Gasteiger partial charge >= 0.3 is 0 Å². The molecule has 2 heterocycles. The lowest BCUT2D eigenvalue weighted by Gasteiger charge is -2.03. The van der Waals surface area contributed by atoms with Crippen molar-refractivity contribution < 1.29 is 4.52 Å². The van der Waals surface area contributed by atoms with E-state index in [1.165, 1.54) is 0 Å². The van der Waals surface area contributed by atoms with Gasteiger partial charge in [0.1, 0.15) is 5.69 Å². The molecule has 0 amide bonds. The number of thioether (sulfide) groups is 1. The van der Waals surface area contributed by atoms with Crippen LogP contribution in [0.4, 0.5) is 5.69 Å². The molecule has 0 fully saturated rings. The Morgan fingerprint density at radius 1 is 1.24 bits per heavy atom. The average molecular weight is 363 g/mol. The number of aromatic nitrogens is 3. The van der Waals surface area contributed by atoms with E-state index in [1.54, 1.807) is 18.0 Å². The fourth-order valence-corrected chi connectivity index (χ4v) is 2.87. The summed E-state index contributed by atoms with van der Waals surface area (Å²) in [6.45, 7) is 0. The fourth-order valence-electron chi connectivity index (χ4n) is 1.70. The molecule has 3 aromatic rings. The Bertz CT molecular complexity index is 748. The van der Waals surface area contributed by atoms with Gasteiger partial charge in [-0.2, -0.15) is 4.98 Å². The topological polar surface area (TPSA) is 77.8 Å². The Hall–Kier alpha value is -1.86. The van der Waals surface area contributed by atoms with Crippen LogP contribution < -0.4 is 5.73 Å². The van der Waals surface area contributed by atoms with Crippen molar-refractivity contribution in [3.05, 3.63) is 53.0 Å². The molecule has 0 aliphatic heterocycles. The first-order valence-electron chi connectivity index (χ1n) is 6.14. The van der Waals surface area contributed by atoms with E-state index in [2.05, 4.69) is 31.1 Å². The summed E-state index contributed by atoms with van der Waals surface area (Å²) in [6.07, 6.45) is 1.70. The van der Waals surface area contributed by atoms with Crippen molar-refractivity contribution >= 4 is 33.4 Å². The number of pyridine rings is 1. The normalized spacial score (nSPS) is 10.7. The van der Waals surface area contributed by atoms with Crippen molar-refractivity contribution in [3.8, 4) is 11.5 Å². The zero-order valence-electron chi connectivity index (χ0n) is 10.9. The molecular weight excluding hydrogens is 352 g/mol. The molecule has 3 rings (SSSR count). The second kappa shape index (κ2) is 6.28. The molecule has 0 atom stereocenters. The van der Waals surface area contributed by atoms with Gasteiger partial charge in [-0.3, -0.25) is 4.98 Å². The van der Waals surface area contributed by atoms with E-state index in [0.717, 1.165) is 15.1 Å². The van der Waals surface area contributed by atoms with Crippen LogP contribution in [0.1, 0.15) is 5.89 Å². The van der Waals surface area contributed by atoms with Crippen LogP contribution in [0.3, 0.4) is 0 Å². The Kier molecular flexibility index (Phi) is 4.21. The first-order valence-corrected chi connectivity index (χ1v) is 7.92. The van der Waals surface area contributed by atoms with Crippen LogP contribution in [0.2, 0.25) is 0 Å². The van der Waals surface area contributed by atoms with Crippen LogP contribution in [0.15, 0.2) is 56.5 Å². The lowest BCUT2D eigenvalue weighted by Crippen LogP contribution is -1.89. The van der Waals surface area contributed by atoms with Crippen LogP contribution >= 0.6 is 27.7 Å². The van der Waals surface area contributed by atoms with Crippen molar-refractivity contribution in [2.45, 2.75) is 10.6 Å². The van der Waals surface area contributed by atoms with Crippen LogP contribution in [0, 0.1) is 0 Å². The second-order valence-corrected chi connectivity index (χ2v) is 6.13. The number of hydrogen-bond donors (Lipinski definition) is 1. The zero-order chi connectivity index (χ0) is 14.7. The number of rotatable bonds is 4. The summed E-state index contributed by atoms with van der Waals surface area (Å²) in [4.78, 5) is 9.50. The van der Waals surface area contributed by atoms with Gasteiger partial charge in [-0.15, -0.1) is 11.8 Å². The summed E-state index contributed by atoms with van der Waals surface area (Å²) in [7, 11) is 0. The van der Waals surface area contributed by atoms with E-state index in [9.17, 15) is 0 Å². The largest absolute Gasteiger partial charge is 0.398 e. The number of nitrogens with two attached hydrogens (primary N) is 1. The van der Waals surface area contributed by atoms with Crippen molar-refractivity contribution in [3.63, 3.8) is 0 Å². The molecule has 1 aromatic carbocycles. The van der Waals surface area contributed by atoms with Gasteiger partial charge in [0, 0.05) is 21.3 Å². The van der Waals surface area contributed by atoms with E-state index >= 15 is 0 Å². The molecule has 0 bridgehead atoms. The van der Waals surface area contributed by atoms with Gasteiger partial charge in [0.05, 0.1) is 5.75 Å². The van der Waals surface area contributed by atoms with Gasteiger partial charge in [-0.05, 0) is 30.3 Å². The van der Waals surface area contributed by atoms with E-state index in [-0.39, 0.29) is 0 Å². The quantitative estimate of drug-likeness (QED) is 0.562. The molecule has 2 aromatic heterocycles. The maximum atomic E-state index is 5.95. The summed E-state index contributed by atoms with van der Waals surface area (Å²) in [5.74, 6) is 1.60. The molecule has 106 valence electrons. The van der Waals surface area contributed by atoms with Crippen molar-refractivity contribution in [1.29, 1.82) is 0 Å². The van der Waals surface area contributed by atoms with Gasteiger partial charge in [0.15, 0.2) is 0 Å². The highest BCUT2D eigenvalue weighted by Gasteiger charge is 2.10. The average Bonchev–Trinajstić information content (AvgIpc) is 2.96. The molecule has 2 N–H and O–H groups in total. The Labute approximate surface area is 134 Å². The van der Waals surface area contributed by atoms with Crippen LogP contribution in [-0.2, 0) is 5.75 Å². The number of nitrogens with zero attached hydrogens (tertiary/aromatic N) is 3. The van der Waals surface area contributed by atoms with Gasteiger partial charge in [-0.25, -0.2) is 0 Å². The molecule has 0 saturated carbocycles. The number of benzene rings is 1. The highest BCUT2D eigenvalue weighted by Crippen LogP contribution is 2.30. The molecule has 0 aliphatic carbocycles. The minimum Gasteiger partial charge on any atom is -0.398 e. The van der Waals surface area contributed by atoms with Crippen molar-refractivity contribution in [1.82, 2.24) is 15.1 Å². The molecule has 0 aliphatic rings. The Balaban J connectivity index is 1.70. The van der Waals surface area contributed by atoms with E-state index < -0.39 is 0 Å². The maximum absolute atomic E-state index is 5.95. The van der Waals surface area contributed by atoms with Crippen LogP contribution in [-0.4, -0.2) is 15.1 Å². The zero-order valence-corrected chi connectivity index (χ0v) is 13.3. The Morgan fingerprint density at radius 3 is 2.90 bits per heavy atom. The fraction of sp³-hybridized carbons (Fsp3) is 0.0714. The molecule has 0 spiro atoms. The highest BCUT2D eigenvalue weighted by atomic mass is 79.9. The lowest BCUT2D eigenvalue weighted by atomic mass is 10.3. The van der Waals surface area contributed by atoms with Gasteiger partial charge in [0.25, 0.3) is 0 Å². The molecule has 0 unspecified atom stereocenters. The van der Waals surface area contributed by atoms with Gasteiger partial charge < -0.3 is 10.3 Å². The van der Waals surface area contributed by atoms with E-state index in [4.69, 9.17) is 10.3 Å². The molecular formula is C14H11BrN4OS.